The van der Waals surface area contributed by atoms with Crippen molar-refractivity contribution >= 4 is 52.2 Å². The number of benzene rings is 3. The van der Waals surface area contributed by atoms with Crippen molar-refractivity contribution in [2.75, 3.05) is 5.32 Å². The number of thiazole rings is 1. The van der Waals surface area contributed by atoms with Crippen LogP contribution >= 0.6 is 34.5 Å². The molecule has 0 aliphatic rings. The molecule has 32 heavy (non-hydrogen) atoms. The molecular weight excluding hydrogens is 467 g/mol. The summed E-state index contributed by atoms with van der Waals surface area (Å²) in [6.07, 6.45) is 0. The van der Waals surface area contributed by atoms with Crippen molar-refractivity contribution in [1.82, 2.24) is 9.99 Å². The van der Waals surface area contributed by atoms with Crippen molar-refractivity contribution in [3.8, 4) is 11.3 Å². The van der Waals surface area contributed by atoms with E-state index in [9.17, 15) is 9.59 Å². The number of nitrogens with zero attached hydrogens (tertiary/aromatic N) is 2. The molecule has 3 aromatic carbocycles. The summed E-state index contributed by atoms with van der Waals surface area (Å²) in [5.41, 5.74) is 4.92. The molecule has 0 aliphatic heterocycles. The Balaban J connectivity index is 1.71. The van der Waals surface area contributed by atoms with Gasteiger partial charge in [-0.2, -0.15) is 0 Å². The molecule has 1 heterocycles. The van der Waals surface area contributed by atoms with Gasteiger partial charge in [-0.3, -0.25) is 4.79 Å². The van der Waals surface area contributed by atoms with Crippen molar-refractivity contribution in [3.05, 3.63) is 105 Å². The predicted octanol–water partition coefficient (Wildman–Crippen LogP) is 5.85. The van der Waals surface area contributed by atoms with E-state index in [-0.39, 0.29) is 5.91 Å². The molecule has 0 saturated heterocycles. The van der Waals surface area contributed by atoms with E-state index >= 15 is 0 Å². The zero-order valence-electron chi connectivity index (χ0n) is 16.5. The number of amides is 2. The topological polar surface area (TPSA) is 75.5 Å². The van der Waals surface area contributed by atoms with Crippen LogP contribution in [0, 0.1) is 0 Å². The minimum atomic E-state index is -0.439. The summed E-state index contributed by atoms with van der Waals surface area (Å²) in [5, 5.41) is 9.96. The maximum Gasteiger partial charge on any atom is 0.332 e. The molecule has 2 N–H and O–H groups in total. The van der Waals surface area contributed by atoms with Crippen molar-refractivity contribution in [2.24, 2.45) is 5.10 Å². The smallest absolute Gasteiger partial charge is 0.307 e. The summed E-state index contributed by atoms with van der Waals surface area (Å²) in [7, 11) is 0. The molecule has 0 aliphatic carbocycles. The summed E-state index contributed by atoms with van der Waals surface area (Å²) < 4.78 is 1.40. The van der Waals surface area contributed by atoms with Gasteiger partial charge in [0.15, 0.2) is 0 Å². The average Bonchev–Trinajstić information content (AvgIpc) is 3.24. The Bertz CT molecular complexity index is 1310. The molecular formula is C23H16Cl2N4O2S. The fraction of sp³-hybridized carbons (Fsp3) is 0. The Labute approximate surface area is 197 Å². The number of nitrogens with one attached hydrogen (secondary N) is 2. The maximum absolute atomic E-state index is 13.2. The fourth-order valence-electron chi connectivity index (χ4n) is 2.87. The van der Waals surface area contributed by atoms with Crippen molar-refractivity contribution in [3.63, 3.8) is 0 Å². The van der Waals surface area contributed by atoms with Gasteiger partial charge in [-0.05, 0) is 54.1 Å². The van der Waals surface area contributed by atoms with Crippen LogP contribution in [0.4, 0.5) is 10.5 Å². The average molecular weight is 483 g/mol. The Kier molecular flexibility index (Phi) is 6.70. The van der Waals surface area contributed by atoms with E-state index in [2.05, 4.69) is 15.8 Å². The van der Waals surface area contributed by atoms with Gasteiger partial charge in [0.2, 0.25) is 4.80 Å². The van der Waals surface area contributed by atoms with E-state index < -0.39 is 6.03 Å². The number of halogens is 2. The zero-order valence-corrected chi connectivity index (χ0v) is 18.8. The summed E-state index contributed by atoms with van der Waals surface area (Å²) >= 11 is 13.2. The third kappa shape index (κ3) is 5.08. The Morgan fingerprint density at radius 1 is 0.844 bits per heavy atom. The minimum Gasteiger partial charge on any atom is -0.307 e. The van der Waals surface area contributed by atoms with Crippen LogP contribution in [-0.2, 0) is 0 Å². The quantitative estimate of drug-likeness (QED) is 0.358. The third-order valence-corrected chi connectivity index (χ3v) is 5.77. The van der Waals surface area contributed by atoms with Crippen LogP contribution in [0.2, 0.25) is 10.0 Å². The van der Waals surface area contributed by atoms with Crippen LogP contribution in [0.1, 0.15) is 10.4 Å². The van der Waals surface area contributed by atoms with Crippen molar-refractivity contribution in [1.29, 1.82) is 0 Å². The monoisotopic (exact) mass is 482 g/mol. The molecule has 0 saturated carbocycles. The van der Waals surface area contributed by atoms with E-state index in [1.54, 1.807) is 66.0 Å². The normalized spacial score (nSPS) is 11.2. The van der Waals surface area contributed by atoms with E-state index in [0.29, 0.717) is 31.8 Å². The van der Waals surface area contributed by atoms with Crippen LogP contribution in [0.25, 0.3) is 11.3 Å². The number of aromatic nitrogens is 1. The Morgan fingerprint density at radius 2 is 1.47 bits per heavy atom. The molecule has 4 aromatic rings. The molecule has 0 unspecified atom stereocenters. The number of hydrogen-bond acceptors (Lipinski definition) is 4. The molecule has 160 valence electrons. The van der Waals surface area contributed by atoms with Gasteiger partial charge in [-0.25, -0.2) is 14.8 Å². The summed E-state index contributed by atoms with van der Waals surface area (Å²) in [6, 6.07) is 22.1. The van der Waals surface area contributed by atoms with Crippen LogP contribution in [-0.4, -0.2) is 16.5 Å². The maximum atomic E-state index is 13.2. The van der Waals surface area contributed by atoms with Crippen molar-refractivity contribution in [2.45, 2.75) is 0 Å². The standard InChI is InChI=1S/C23H16Cl2N4O2S/c24-17-8-6-15(7-9-17)20-14-32-23(28-27-21(30)16-4-2-1-3-5-16)29(20)22(31)26-19-12-10-18(25)11-13-19/h1-14H,(H,26,31)(H,27,30). The second-order valence-electron chi connectivity index (χ2n) is 6.60. The van der Waals surface area contributed by atoms with Gasteiger partial charge in [0.1, 0.15) is 0 Å². The number of hydrogen-bond donors (Lipinski definition) is 2. The SMILES string of the molecule is O=C(NN=c1scc(-c2ccc(Cl)cc2)n1C(=O)Nc1ccc(Cl)cc1)c1ccccc1. The molecule has 0 radical (unpaired) electrons. The first kappa shape index (κ1) is 21.8. The second-order valence-corrected chi connectivity index (χ2v) is 8.31. The van der Waals surface area contributed by atoms with Crippen LogP contribution in [0.3, 0.4) is 0 Å². The highest BCUT2D eigenvalue weighted by Crippen LogP contribution is 2.23. The summed E-state index contributed by atoms with van der Waals surface area (Å²) in [4.78, 5) is 25.9. The molecule has 4 rings (SSSR count). The van der Waals surface area contributed by atoms with Gasteiger partial charge in [0.05, 0.1) is 5.69 Å². The first-order valence-electron chi connectivity index (χ1n) is 9.44. The van der Waals surface area contributed by atoms with Gasteiger partial charge in [0, 0.05) is 26.7 Å². The fourth-order valence-corrected chi connectivity index (χ4v) is 3.97. The predicted molar refractivity (Wildman–Crippen MR) is 128 cm³/mol. The van der Waals surface area contributed by atoms with Gasteiger partial charge in [-0.15, -0.1) is 16.4 Å². The summed E-state index contributed by atoms with van der Waals surface area (Å²) in [5.74, 6) is -0.378. The first-order chi connectivity index (χ1) is 15.5. The van der Waals surface area contributed by atoms with E-state index in [1.807, 2.05) is 18.2 Å². The summed E-state index contributed by atoms with van der Waals surface area (Å²) in [6.45, 7) is 0. The molecule has 2 amide bonds. The molecule has 0 atom stereocenters. The molecule has 9 heteroatoms. The van der Waals surface area contributed by atoms with E-state index in [4.69, 9.17) is 23.2 Å². The Morgan fingerprint density at radius 3 is 2.12 bits per heavy atom. The number of carbonyl (C=O) groups is 2. The van der Waals surface area contributed by atoms with Gasteiger partial charge >= 0.3 is 6.03 Å². The number of rotatable bonds is 4. The second kappa shape index (κ2) is 9.82. The number of anilines is 1. The van der Waals surface area contributed by atoms with Crippen molar-refractivity contribution < 1.29 is 9.59 Å². The van der Waals surface area contributed by atoms with Gasteiger partial charge in [0.25, 0.3) is 5.91 Å². The highest BCUT2D eigenvalue weighted by Gasteiger charge is 2.16. The Hall–Kier alpha value is -3.39. The van der Waals surface area contributed by atoms with Gasteiger partial charge < -0.3 is 5.32 Å². The lowest BCUT2D eigenvalue weighted by molar-refractivity contribution is 0.0953. The zero-order chi connectivity index (χ0) is 22.5. The first-order valence-corrected chi connectivity index (χ1v) is 11.1. The molecule has 0 bridgehead atoms. The molecule has 6 nitrogen and oxygen atoms in total. The molecule has 0 fully saturated rings. The lowest BCUT2D eigenvalue weighted by Gasteiger charge is -2.10. The minimum absolute atomic E-state index is 0.297. The molecule has 0 spiro atoms. The van der Waals surface area contributed by atoms with E-state index in [1.165, 1.54) is 15.9 Å². The number of carbonyl (C=O) groups excluding carboxylic acids is 2. The largest absolute Gasteiger partial charge is 0.332 e. The lowest BCUT2D eigenvalue weighted by Crippen LogP contribution is -2.31. The molecule has 1 aromatic heterocycles. The van der Waals surface area contributed by atoms with Gasteiger partial charge in [-0.1, -0.05) is 53.5 Å². The third-order valence-electron chi connectivity index (χ3n) is 4.44. The van der Waals surface area contributed by atoms with Crippen LogP contribution in [0.15, 0.2) is 89.3 Å². The van der Waals surface area contributed by atoms with Crippen LogP contribution in [0.5, 0.6) is 0 Å². The lowest BCUT2D eigenvalue weighted by atomic mass is 10.2. The van der Waals surface area contributed by atoms with Crippen LogP contribution < -0.4 is 15.5 Å². The van der Waals surface area contributed by atoms with E-state index in [0.717, 1.165) is 5.56 Å². The highest BCUT2D eigenvalue weighted by atomic mass is 35.5. The highest BCUT2D eigenvalue weighted by molar-refractivity contribution is 7.07.